The molecule has 1 aliphatic rings. The van der Waals surface area contributed by atoms with Gasteiger partial charge in [0.05, 0.1) is 12.8 Å². The highest BCUT2D eigenvalue weighted by Crippen LogP contribution is 2.12. The van der Waals surface area contributed by atoms with Crippen LogP contribution in [0.25, 0.3) is 0 Å². The molecule has 0 spiro atoms. The SMILES string of the molecule is CCN(CC)C(=O)CCc1nc(CN2CCN(C(=O)c3ccco3)CC2)no1. The van der Waals surface area contributed by atoms with Gasteiger partial charge in [-0.15, -0.1) is 0 Å². The van der Waals surface area contributed by atoms with E-state index in [0.717, 1.165) is 13.1 Å². The molecule has 152 valence electrons. The summed E-state index contributed by atoms with van der Waals surface area (Å²) in [4.78, 5) is 34.5. The lowest BCUT2D eigenvalue weighted by Gasteiger charge is -2.33. The van der Waals surface area contributed by atoms with Crippen LogP contribution in [0.5, 0.6) is 0 Å². The molecule has 0 saturated carbocycles. The Kier molecular flexibility index (Phi) is 6.80. The first-order valence-corrected chi connectivity index (χ1v) is 9.75. The highest BCUT2D eigenvalue weighted by Gasteiger charge is 2.24. The predicted molar refractivity (Wildman–Crippen MR) is 100 cm³/mol. The van der Waals surface area contributed by atoms with Gasteiger partial charge in [-0.2, -0.15) is 4.98 Å². The zero-order valence-electron chi connectivity index (χ0n) is 16.5. The molecule has 2 aromatic heterocycles. The number of carbonyl (C=O) groups excluding carboxylic acids is 2. The molecule has 2 aromatic rings. The summed E-state index contributed by atoms with van der Waals surface area (Å²) in [5.74, 6) is 1.49. The van der Waals surface area contributed by atoms with Crippen molar-refractivity contribution in [1.82, 2.24) is 24.8 Å². The predicted octanol–water partition coefficient (Wildman–Crippen LogP) is 1.42. The molecule has 28 heavy (non-hydrogen) atoms. The van der Waals surface area contributed by atoms with Gasteiger partial charge in [0.1, 0.15) is 0 Å². The lowest BCUT2D eigenvalue weighted by Crippen LogP contribution is -2.48. The zero-order valence-corrected chi connectivity index (χ0v) is 16.5. The fraction of sp³-hybridized carbons (Fsp3) is 0.579. The maximum atomic E-state index is 12.3. The van der Waals surface area contributed by atoms with Crippen LogP contribution in [-0.2, 0) is 17.8 Å². The second-order valence-corrected chi connectivity index (χ2v) is 6.72. The van der Waals surface area contributed by atoms with Crippen LogP contribution in [0.3, 0.4) is 0 Å². The van der Waals surface area contributed by atoms with Gasteiger partial charge in [-0.25, -0.2) is 0 Å². The minimum atomic E-state index is -0.0793. The Labute approximate surface area is 164 Å². The van der Waals surface area contributed by atoms with Gasteiger partial charge in [0.15, 0.2) is 11.6 Å². The highest BCUT2D eigenvalue weighted by atomic mass is 16.5. The van der Waals surface area contributed by atoms with E-state index < -0.39 is 0 Å². The normalized spacial score (nSPS) is 15.0. The maximum Gasteiger partial charge on any atom is 0.289 e. The number of nitrogens with zero attached hydrogens (tertiary/aromatic N) is 5. The lowest BCUT2D eigenvalue weighted by molar-refractivity contribution is -0.130. The molecule has 0 unspecified atom stereocenters. The maximum absolute atomic E-state index is 12.3. The molecule has 1 fully saturated rings. The van der Waals surface area contributed by atoms with Crippen molar-refractivity contribution in [3.8, 4) is 0 Å². The third-order valence-corrected chi connectivity index (χ3v) is 4.94. The Morgan fingerprint density at radius 3 is 2.57 bits per heavy atom. The van der Waals surface area contributed by atoms with E-state index in [2.05, 4.69) is 15.0 Å². The molecule has 0 aliphatic carbocycles. The molecule has 3 heterocycles. The summed E-state index contributed by atoms with van der Waals surface area (Å²) in [6.07, 6.45) is 2.33. The molecule has 0 bridgehead atoms. The first-order valence-electron chi connectivity index (χ1n) is 9.75. The van der Waals surface area contributed by atoms with Gasteiger partial charge >= 0.3 is 0 Å². The topological polar surface area (TPSA) is 95.9 Å². The van der Waals surface area contributed by atoms with E-state index in [1.807, 2.05) is 13.8 Å². The van der Waals surface area contributed by atoms with Gasteiger partial charge in [0.2, 0.25) is 11.8 Å². The summed E-state index contributed by atoms with van der Waals surface area (Å²) in [6, 6.07) is 3.40. The van der Waals surface area contributed by atoms with Crippen molar-refractivity contribution in [3.63, 3.8) is 0 Å². The summed E-state index contributed by atoms with van der Waals surface area (Å²) in [5.41, 5.74) is 0. The Balaban J connectivity index is 1.43. The average molecular weight is 389 g/mol. The molecular formula is C19H27N5O4. The first kappa shape index (κ1) is 20.1. The number of amides is 2. The van der Waals surface area contributed by atoms with E-state index in [4.69, 9.17) is 8.94 Å². The summed E-state index contributed by atoms with van der Waals surface area (Å²) >= 11 is 0. The van der Waals surface area contributed by atoms with E-state index in [1.165, 1.54) is 6.26 Å². The largest absolute Gasteiger partial charge is 0.459 e. The van der Waals surface area contributed by atoms with Crippen molar-refractivity contribution in [3.05, 3.63) is 35.9 Å². The molecule has 0 radical (unpaired) electrons. The molecule has 0 aromatic carbocycles. The van der Waals surface area contributed by atoms with Crippen LogP contribution in [0.1, 0.15) is 42.5 Å². The number of piperazine rings is 1. The summed E-state index contributed by atoms with van der Waals surface area (Å²) in [6.45, 7) is 8.63. The van der Waals surface area contributed by atoms with Crippen LogP contribution in [0.4, 0.5) is 0 Å². The van der Waals surface area contributed by atoms with Crippen LogP contribution in [-0.4, -0.2) is 75.9 Å². The highest BCUT2D eigenvalue weighted by molar-refractivity contribution is 5.91. The molecule has 1 saturated heterocycles. The van der Waals surface area contributed by atoms with Crippen LogP contribution < -0.4 is 0 Å². The lowest BCUT2D eigenvalue weighted by atomic mass is 10.2. The van der Waals surface area contributed by atoms with E-state index in [-0.39, 0.29) is 11.8 Å². The van der Waals surface area contributed by atoms with Crippen molar-refractivity contribution in [1.29, 1.82) is 0 Å². The Bertz CT molecular complexity index is 761. The Morgan fingerprint density at radius 2 is 1.93 bits per heavy atom. The van der Waals surface area contributed by atoms with E-state index in [0.29, 0.717) is 63.0 Å². The number of hydrogen-bond acceptors (Lipinski definition) is 7. The Morgan fingerprint density at radius 1 is 1.18 bits per heavy atom. The smallest absolute Gasteiger partial charge is 0.289 e. The van der Waals surface area contributed by atoms with Crippen molar-refractivity contribution in [2.45, 2.75) is 33.2 Å². The molecule has 2 amide bonds. The van der Waals surface area contributed by atoms with Crippen molar-refractivity contribution >= 4 is 11.8 Å². The van der Waals surface area contributed by atoms with E-state index in [1.54, 1.807) is 21.9 Å². The molecule has 9 nitrogen and oxygen atoms in total. The molecular weight excluding hydrogens is 362 g/mol. The fourth-order valence-corrected chi connectivity index (χ4v) is 3.27. The number of rotatable bonds is 8. The minimum Gasteiger partial charge on any atom is -0.459 e. The van der Waals surface area contributed by atoms with Gasteiger partial charge in [-0.3, -0.25) is 14.5 Å². The molecule has 3 rings (SSSR count). The second kappa shape index (κ2) is 9.50. The monoisotopic (exact) mass is 389 g/mol. The summed E-state index contributed by atoms with van der Waals surface area (Å²) in [5, 5.41) is 4.02. The number of carbonyl (C=O) groups is 2. The van der Waals surface area contributed by atoms with Gasteiger partial charge in [0.25, 0.3) is 5.91 Å². The third kappa shape index (κ3) is 4.98. The molecule has 0 atom stereocenters. The van der Waals surface area contributed by atoms with Gasteiger partial charge < -0.3 is 18.7 Å². The van der Waals surface area contributed by atoms with Crippen molar-refractivity contribution < 1.29 is 18.5 Å². The van der Waals surface area contributed by atoms with E-state index in [9.17, 15) is 9.59 Å². The number of hydrogen-bond donors (Lipinski definition) is 0. The quantitative estimate of drug-likeness (QED) is 0.674. The number of aromatic nitrogens is 2. The van der Waals surface area contributed by atoms with Gasteiger partial charge in [-0.1, -0.05) is 5.16 Å². The summed E-state index contributed by atoms with van der Waals surface area (Å²) in [7, 11) is 0. The fourth-order valence-electron chi connectivity index (χ4n) is 3.27. The number of furan rings is 1. The van der Waals surface area contributed by atoms with Crippen LogP contribution in [0, 0.1) is 0 Å². The van der Waals surface area contributed by atoms with Crippen molar-refractivity contribution in [2.75, 3.05) is 39.3 Å². The summed E-state index contributed by atoms with van der Waals surface area (Å²) < 4.78 is 10.5. The van der Waals surface area contributed by atoms with Crippen LogP contribution >= 0.6 is 0 Å². The minimum absolute atomic E-state index is 0.0793. The van der Waals surface area contributed by atoms with Crippen LogP contribution in [0.15, 0.2) is 27.3 Å². The average Bonchev–Trinajstić information content (AvgIpc) is 3.40. The van der Waals surface area contributed by atoms with Gasteiger partial charge in [0, 0.05) is 52.1 Å². The van der Waals surface area contributed by atoms with Crippen molar-refractivity contribution in [2.24, 2.45) is 0 Å². The Hall–Kier alpha value is -2.68. The van der Waals surface area contributed by atoms with Gasteiger partial charge in [-0.05, 0) is 26.0 Å². The first-order chi connectivity index (χ1) is 13.6. The molecule has 9 heteroatoms. The standard InChI is InChI=1S/C19H27N5O4/c1-3-23(4-2)18(25)8-7-17-20-16(21-28-17)14-22-9-11-24(12-10-22)19(26)15-6-5-13-27-15/h5-6,13H,3-4,7-12,14H2,1-2H3. The second-order valence-electron chi connectivity index (χ2n) is 6.72. The molecule has 1 aliphatic heterocycles. The third-order valence-electron chi connectivity index (χ3n) is 4.94. The molecule has 0 N–H and O–H groups in total. The van der Waals surface area contributed by atoms with E-state index >= 15 is 0 Å². The number of aryl methyl sites for hydroxylation is 1. The van der Waals surface area contributed by atoms with Crippen LogP contribution in [0.2, 0.25) is 0 Å². The zero-order chi connectivity index (χ0) is 19.9.